The Morgan fingerprint density at radius 3 is 2.54 bits per heavy atom. The van der Waals surface area contributed by atoms with Gasteiger partial charge in [-0.2, -0.15) is 0 Å². The maximum absolute atomic E-state index is 5.74. The van der Waals surface area contributed by atoms with Crippen LogP contribution in [0.1, 0.15) is 38.5 Å². The van der Waals surface area contributed by atoms with Crippen molar-refractivity contribution in [3.05, 3.63) is 36.4 Å². The molecule has 0 saturated carbocycles. The summed E-state index contributed by atoms with van der Waals surface area (Å²) in [6, 6.07) is 12.4. The van der Waals surface area contributed by atoms with Crippen molar-refractivity contribution in [1.29, 1.82) is 0 Å². The largest absolute Gasteiger partial charge is 0.376 e. The van der Waals surface area contributed by atoms with Crippen molar-refractivity contribution in [1.82, 2.24) is 9.97 Å². The Morgan fingerprint density at radius 1 is 1.00 bits per heavy atom. The molecule has 138 valence electrons. The van der Waals surface area contributed by atoms with E-state index < -0.39 is 0 Å². The second kappa shape index (κ2) is 8.49. The first-order chi connectivity index (χ1) is 12.9. The lowest BCUT2D eigenvalue weighted by Crippen LogP contribution is -2.26. The highest BCUT2D eigenvalue weighted by Crippen LogP contribution is 2.25. The highest BCUT2D eigenvalue weighted by Gasteiger charge is 2.17. The van der Waals surface area contributed by atoms with Gasteiger partial charge in [0.05, 0.1) is 6.10 Å². The molecular weight excluding hydrogens is 324 g/mol. The Labute approximate surface area is 155 Å². The summed E-state index contributed by atoms with van der Waals surface area (Å²) in [6.45, 7) is 3.85. The van der Waals surface area contributed by atoms with Crippen LogP contribution in [0.4, 0.5) is 11.6 Å². The molecule has 1 aromatic heterocycles. The number of anilines is 2. The first-order valence-corrected chi connectivity index (χ1v) is 9.93. The van der Waals surface area contributed by atoms with Crippen LogP contribution >= 0.6 is 0 Å². The molecule has 0 aliphatic carbocycles. The topological polar surface area (TPSA) is 50.3 Å². The molecule has 2 fully saturated rings. The molecule has 5 nitrogen and oxygen atoms in total. The van der Waals surface area contributed by atoms with E-state index >= 15 is 0 Å². The first-order valence-electron chi connectivity index (χ1n) is 9.93. The van der Waals surface area contributed by atoms with Gasteiger partial charge in [0.15, 0.2) is 5.82 Å². The van der Waals surface area contributed by atoms with Gasteiger partial charge in [-0.25, -0.2) is 9.97 Å². The zero-order valence-corrected chi connectivity index (χ0v) is 15.4. The molecule has 2 saturated heterocycles. The summed E-state index contributed by atoms with van der Waals surface area (Å²) < 4.78 is 5.74. The number of aromatic nitrogens is 2. The van der Waals surface area contributed by atoms with Crippen molar-refractivity contribution in [2.75, 3.05) is 36.5 Å². The molecular formula is C21H28N4O. The molecule has 5 heteroatoms. The minimum atomic E-state index is 0.298. The lowest BCUT2D eigenvalue weighted by molar-refractivity contribution is 0.120. The Hall–Kier alpha value is -2.14. The van der Waals surface area contributed by atoms with Gasteiger partial charge in [-0.1, -0.05) is 43.2 Å². The molecule has 0 spiro atoms. The maximum atomic E-state index is 5.74. The van der Waals surface area contributed by atoms with E-state index in [1.807, 2.05) is 18.2 Å². The second-order valence-electron chi connectivity index (χ2n) is 7.22. The normalized spacial score (nSPS) is 20.8. The fraction of sp³-hybridized carbons (Fsp3) is 0.524. The highest BCUT2D eigenvalue weighted by atomic mass is 16.5. The summed E-state index contributed by atoms with van der Waals surface area (Å²) >= 11 is 0. The highest BCUT2D eigenvalue weighted by molar-refractivity contribution is 5.61. The molecule has 1 atom stereocenters. The summed E-state index contributed by atoms with van der Waals surface area (Å²) in [5.41, 5.74) is 1.06. The number of rotatable bonds is 5. The van der Waals surface area contributed by atoms with Crippen LogP contribution in [0.3, 0.4) is 0 Å². The van der Waals surface area contributed by atoms with Crippen molar-refractivity contribution in [3.63, 3.8) is 0 Å². The van der Waals surface area contributed by atoms with Crippen LogP contribution in [0.5, 0.6) is 0 Å². The van der Waals surface area contributed by atoms with Gasteiger partial charge in [0.2, 0.25) is 0 Å². The molecule has 2 aliphatic heterocycles. The van der Waals surface area contributed by atoms with Crippen LogP contribution in [0.15, 0.2) is 36.4 Å². The summed E-state index contributed by atoms with van der Waals surface area (Å²) in [6.07, 6.45) is 7.69. The summed E-state index contributed by atoms with van der Waals surface area (Å²) in [5.74, 6) is 2.73. The fourth-order valence-corrected chi connectivity index (χ4v) is 3.73. The van der Waals surface area contributed by atoms with Crippen LogP contribution in [0.2, 0.25) is 0 Å². The minimum Gasteiger partial charge on any atom is -0.376 e. The van der Waals surface area contributed by atoms with Crippen LogP contribution in [-0.2, 0) is 4.74 Å². The molecule has 0 radical (unpaired) electrons. The lowest BCUT2D eigenvalue weighted by Gasteiger charge is -2.23. The van der Waals surface area contributed by atoms with Crippen LogP contribution < -0.4 is 10.2 Å². The molecule has 0 amide bonds. The molecule has 26 heavy (non-hydrogen) atoms. The van der Waals surface area contributed by atoms with Gasteiger partial charge in [-0.15, -0.1) is 0 Å². The monoisotopic (exact) mass is 352 g/mol. The first kappa shape index (κ1) is 17.3. The van der Waals surface area contributed by atoms with E-state index in [2.05, 4.69) is 28.4 Å². The Bertz CT molecular complexity index is 692. The zero-order chi connectivity index (χ0) is 17.6. The lowest BCUT2D eigenvalue weighted by atomic mass is 10.2. The average Bonchev–Trinajstić information content (AvgIpc) is 3.07. The Kier molecular flexibility index (Phi) is 5.65. The molecule has 3 heterocycles. The molecule has 4 rings (SSSR count). The van der Waals surface area contributed by atoms with E-state index in [1.54, 1.807) is 0 Å². The zero-order valence-electron chi connectivity index (χ0n) is 15.4. The van der Waals surface area contributed by atoms with Gasteiger partial charge in [0.25, 0.3) is 0 Å². The third-order valence-corrected chi connectivity index (χ3v) is 5.21. The number of nitrogens with one attached hydrogen (secondary N) is 1. The van der Waals surface area contributed by atoms with Gasteiger partial charge in [-0.05, 0) is 25.7 Å². The summed E-state index contributed by atoms with van der Waals surface area (Å²) in [7, 11) is 0. The van der Waals surface area contributed by atoms with E-state index in [0.29, 0.717) is 6.10 Å². The van der Waals surface area contributed by atoms with Gasteiger partial charge in [-0.3, -0.25) is 0 Å². The molecule has 1 unspecified atom stereocenters. The van der Waals surface area contributed by atoms with Gasteiger partial charge in [0, 0.05) is 37.9 Å². The Morgan fingerprint density at radius 2 is 1.81 bits per heavy atom. The van der Waals surface area contributed by atoms with E-state index in [9.17, 15) is 0 Å². The quantitative estimate of drug-likeness (QED) is 0.877. The van der Waals surface area contributed by atoms with Crippen molar-refractivity contribution >= 4 is 11.6 Å². The van der Waals surface area contributed by atoms with Crippen molar-refractivity contribution in [2.45, 2.75) is 44.6 Å². The molecule has 2 aromatic rings. The van der Waals surface area contributed by atoms with Crippen molar-refractivity contribution < 1.29 is 4.74 Å². The number of hydrogen-bond acceptors (Lipinski definition) is 5. The summed E-state index contributed by atoms with van der Waals surface area (Å²) in [4.78, 5) is 12.1. The number of ether oxygens (including phenoxy) is 1. The average molecular weight is 352 g/mol. The SMILES string of the molecule is c1ccc(-c2nc(NCC3CCCO3)cc(N3CCCCCC3)n2)cc1. The van der Waals surface area contributed by atoms with Gasteiger partial charge >= 0.3 is 0 Å². The molecule has 1 aromatic carbocycles. The fourth-order valence-electron chi connectivity index (χ4n) is 3.73. The minimum absolute atomic E-state index is 0.298. The standard InChI is InChI=1S/C21H28N4O/c1-2-7-13-25(12-6-1)20-15-19(22-16-18-11-8-14-26-18)23-21(24-20)17-9-4-3-5-10-17/h3-5,9-10,15,18H,1-2,6-8,11-14,16H2,(H,22,23,24). The van der Waals surface area contributed by atoms with Crippen LogP contribution in [0.25, 0.3) is 11.4 Å². The molecule has 0 bridgehead atoms. The Balaban J connectivity index is 1.60. The number of nitrogens with zero attached hydrogens (tertiary/aromatic N) is 3. The number of benzene rings is 1. The predicted octanol–water partition coefficient (Wildman–Crippen LogP) is 4.11. The molecule has 1 N–H and O–H groups in total. The van der Waals surface area contributed by atoms with Gasteiger partial charge < -0.3 is 15.0 Å². The second-order valence-corrected chi connectivity index (χ2v) is 7.22. The predicted molar refractivity (Wildman–Crippen MR) is 106 cm³/mol. The number of hydrogen-bond donors (Lipinski definition) is 1. The van der Waals surface area contributed by atoms with Crippen molar-refractivity contribution in [2.24, 2.45) is 0 Å². The van der Waals surface area contributed by atoms with Crippen LogP contribution in [-0.4, -0.2) is 42.3 Å². The maximum Gasteiger partial charge on any atom is 0.163 e. The smallest absolute Gasteiger partial charge is 0.163 e. The van der Waals surface area contributed by atoms with E-state index in [4.69, 9.17) is 14.7 Å². The van der Waals surface area contributed by atoms with E-state index in [0.717, 1.165) is 62.1 Å². The van der Waals surface area contributed by atoms with Gasteiger partial charge in [0.1, 0.15) is 11.6 Å². The molecule has 2 aliphatic rings. The van der Waals surface area contributed by atoms with Crippen LogP contribution in [0, 0.1) is 0 Å². The van der Waals surface area contributed by atoms with Crippen molar-refractivity contribution in [3.8, 4) is 11.4 Å². The van der Waals surface area contributed by atoms with E-state index in [1.165, 1.54) is 25.7 Å². The summed E-state index contributed by atoms with van der Waals surface area (Å²) in [5, 5.41) is 3.49. The third-order valence-electron chi connectivity index (χ3n) is 5.21. The third kappa shape index (κ3) is 4.33. The van der Waals surface area contributed by atoms with E-state index in [-0.39, 0.29) is 0 Å².